The molecule has 1 aliphatic heterocycles. The summed E-state index contributed by atoms with van der Waals surface area (Å²) in [5.41, 5.74) is 0.973. The summed E-state index contributed by atoms with van der Waals surface area (Å²) < 4.78 is 41.0. The number of fused-ring (bicyclic) bond motifs is 1. The van der Waals surface area contributed by atoms with Gasteiger partial charge in [0.25, 0.3) is 5.91 Å². The predicted molar refractivity (Wildman–Crippen MR) is 92.2 cm³/mol. The van der Waals surface area contributed by atoms with Crippen LogP contribution in [0.1, 0.15) is 30.3 Å². The Morgan fingerprint density at radius 1 is 1.27 bits per heavy atom. The summed E-state index contributed by atoms with van der Waals surface area (Å²) in [5.74, 6) is 0.0295. The molecule has 0 saturated carbocycles. The Balaban J connectivity index is 1.76. The zero-order valence-corrected chi connectivity index (χ0v) is 14.5. The molecule has 1 aromatic carbocycles. The van der Waals surface area contributed by atoms with E-state index in [-0.39, 0.29) is 11.7 Å². The van der Waals surface area contributed by atoms with E-state index in [4.69, 9.17) is 0 Å². The first-order valence-corrected chi connectivity index (χ1v) is 8.74. The lowest BCUT2D eigenvalue weighted by atomic mass is 9.97. The van der Waals surface area contributed by atoms with E-state index in [1.807, 2.05) is 6.92 Å². The van der Waals surface area contributed by atoms with Crippen molar-refractivity contribution in [2.45, 2.75) is 26.1 Å². The highest BCUT2D eigenvalue weighted by Gasteiger charge is 2.31. The van der Waals surface area contributed by atoms with Crippen molar-refractivity contribution in [1.29, 1.82) is 0 Å². The maximum Gasteiger partial charge on any atom is 0.573 e. The zero-order valence-electron chi connectivity index (χ0n) is 14.5. The molecule has 3 rings (SSSR count). The summed E-state index contributed by atoms with van der Waals surface area (Å²) in [5, 5.41) is 3.81. The standard InChI is InChI=1S/C18H22F3N3O2/c1-2-24(11-12-5-7-22-8-6-12)17(25)16-10-13-9-14(26-18(19,20)21)3-4-15(13)23-16/h3-4,9-10,12,22-23H,2,5-8,11H2,1H3. The molecule has 142 valence electrons. The number of aromatic amines is 1. The first-order valence-electron chi connectivity index (χ1n) is 8.74. The number of ether oxygens (including phenoxy) is 1. The first-order chi connectivity index (χ1) is 12.4. The quantitative estimate of drug-likeness (QED) is 0.848. The number of hydrogen-bond donors (Lipinski definition) is 2. The van der Waals surface area contributed by atoms with E-state index in [1.54, 1.807) is 11.0 Å². The Hall–Kier alpha value is -2.22. The number of H-pyrrole nitrogens is 1. The Morgan fingerprint density at radius 2 is 2.00 bits per heavy atom. The molecule has 0 radical (unpaired) electrons. The van der Waals surface area contributed by atoms with E-state index >= 15 is 0 Å². The van der Waals surface area contributed by atoms with Crippen molar-refractivity contribution in [3.05, 3.63) is 30.0 Å². The summed E-state index contributed by atoms with van der Waals surface area (Å²) in [6.45, 7) is 5.13. The number of nitrogens with one attached hydrogen (secondary N) is 2. The van der Waals surface area contributed by atoms with Crippen molar-refractivity contribution in [3.63, 3.8) is 0 Å². The minimum absolute atomic E-state index is 0.138. The van der Waals surface area contributed by atoms with Gasteiger partial charge in [-0.3, -0.25) is 4.79 Å². The number of rotatable bonds is 5. The Bertz CT molecular complexity index is 767. The SMILES string of the molecule is CCN(CC1CCNCC1)C(=O)c1cc2cc(OC(F)(F)F)ccc2[nH]1. The van der Waals surface area contributed by atoms with Gasteiger partial charge in [0.05, 0.1) is 0 Å². The first kappa shape index (κ1) is 18.6. The topological polar surface area (TPSA) is 57.4 Å². The van der Waals surface area contributed by atoms with Gasteiger partial charge in [-0.2, -0.15) is 0 Å². The molecule has 1 amide bonds. The maximum atomic E-state index is 12.8. The van der Waals surface area contributed by atoms with Crippen LogP contribution in [0.25, 0.3) is 10.9 Å². The second kappa shape index (κ2) is 7.57. The fourth-order valence-electron chi connectivity index (χ4n) is 3.32. The van der Waals surface area contributed by atoms with Crippen LogP contribution in [0.3, 0.4) is 0 Å². The second-order valence-electron chi connectivity index (χ2n) is 6.52. The molecular weight excluding hydrogens is 347 g/mol. The molecule has 1 aromatic heterocycles. The summed E-state index contributed by atoms with van der Waals surface area (Å²) in [7, 11) is 0. The van der Waals surface area contributed by atoms with Crippen LogP contribution in [-0.4, -0.2) is 48.3 Å². The van der Waals surface area contributed by atoms with E-state index in [0.717, 1.165) is 25.9 Å². The van der Waals surface area contributed by atoms with Crippen LogP contribution in [0, 0.1) is 5.92 Å². The molecule has 1 aliphatic rings. The molecular formula is C18H22F3N3O2. The van der Waals surface area contributed by atoms with Gasteiger partial charge in [0.2, 0.25) is 0 Å². The number of carbonyl (C=O) groups is 1. The van der Waals surface area contributed by atoms with Gasteiger partial charge in [0.15, 0.2) is 0 Å². The van der Waals surface area contributed by atoms with Crippen LogP contribution in [0.4, 0.5) is 13.2 Å². The Kier molecular flexibility index (Phi) is 5.41. The highest BCUT2D eigenvalue weighted by molar-refractivity contribution is 5.98. The number of alkyl halides is 3. The van der Waals surface area contributed by atoms with Crippen molar-refractivity contribution in [2.75, 3.05) is 26.2 Å². The Labute approximate surface area is 149 Å². The summed E-state index contributed by atoms with van der Waals surface area (Å²) in [6.07, 6.45) is -2.67. The highest BCUT2D eigenvalue weighted by atomic mass is 19.4. The summed E-state index contributed by atoms with van der Waals surface area (Å²) in [4.78, 5) is 17.6. The smallest absolute Gasteiger partial charge is 0.406 e. The lowest BCUT2D eigenvalue weighted by Gasteiger charge is -2.29. The lowest BCUT2D eigenvalue weighted by Crippen LogP contribution is -2.39. The van der Waals surface area contributed by atoms with Gasteiger partial charge >= 0.3 is 6.36 Å². The minimum Gasteiger partial charge on any atom is -0.406 e. The molecule has 0 atom stereocenters. The van der Waals surface area contributed by atoms with Gasteiger partial charge in [-0.05, 0) is 63.0 Å². The second-order valence-corrected chi connectivity index (χ2v) is 6.52. The van der Waals surface area contributed by atoms with Crippen molar-refractivity contribution < 1.29 is 22.7 Å². The van der Waals surface area contributed by atoms with E-state index in [1.165, 1.54) is 18.2 Å². The third kappa shape index (κ3) is 4.49. The number of halogens is 3. The van der Waals surface area contributed by atoms with Crippen molar-refractivity contribution in [2.24, 2.45) is 5.92 Å². The number of piperidine rings is 1. The average molecular weight is 369 g/mol. The van der Waals surface area contributed by atoms with Crippen LogP contribution in [-0.2, 0) is 0 Å². The molecule has 0 unspecified atom stereocenters. The van der Waals surface area contributed by atoms with Gasteiger partial charge in [-0.1, -0.05) is 0 Å². The molecule has 8 heteroatoms. The average Bonchev–Trinajstić information content (AvgIpc) is 3.02. The molecule has 1 saturated heterocycles. The number of aromatic nitrogens is 1. The van der Waals surface area contributed by atoms with Crippen LogP contribution < -0.4 is 10.1 Å². The molecule has 2 N–H and O–H groups in total. The van der Waals surface area contributed by atoms with Crippen molar-refractivity contribution in [1.82, 2.24) is 15.2 Å². The zero-order chi connectivity index (χ0) is 18.7. The third-order valence-corrected chi connectivity index (χ3v) is 4.66. The molecule has 0 bridgehead atoms. The lowest BCUT2D eigenvalue weighted by molar-refractivity contribution is -0.274. The van der Waals surface area contributed by atoms with Crippen LogP contribution in [0.2, 0.25) is 0 Å². The van der Waals surface area contributed by atoms with Crippen LogP contribution in [0.5, 0.6) is 5.75 Å². The fourth-order valence-corrected chi connectivity index (χ4v) is 3.32. The highest BCUT2D eigenvalue weighted by Crippen LogP contribution is 2.27. The van der Waals surface area contributed by atoms with E-state index in [2.05, 4.69) is 15.0 Å². The predicted octanol–water partition coefficient (Wildman–Crippen LogP) is 3.53. The van der Waals surface area contributed by atoms with Crippen molar-refractivity contribution in [3.8, 4) is 5.75 Å². The monoisotopic (exact) mass is 369 g/mol. The van der Waals surface area contributed by atoms with Crippen LogP contribution in [0.15, 0.2) is 24.3 Å². The summed E-state index contributed by atoms with van der Waals surface area (Å²) in [6, 6.07) is 5.56. The van der Waals surface area contributed by atoms with Gasteiger partial charge in [-0.25, -0.2) is 0 Å². The molecule has 0 spiro atoms. The number of benzene rings is 1. The fraction of sp³-hybridized carbons (Fsp3) is 0.500. The Morgan fingerprint density at radius 3 is 2.65 bits per heavy atom. The number of nitrogens with zero attached hydrogens (tertiary/aromatic N) is 1. The molecule has 26 heavy (non-hydrogen) atoms. The normalized spacial score (nSPS) is 16.0. The van der Waals surface area contributed by atoms with E-state index in [9.17, 15) is 18.0 Å². The van der Waals surface area contributed by atoms with E-state index < -0.39 is 6.36 Å². The van der Waals surface area contributed by atoms with Gasteiger partial charge in [-0.15, -0.1) is 13.2 Å². The molecule has 1 fully saturated rings. The van der Waals surface area contributed by atoms with E-state index in [0.29, 0.717) is 35.6 Å². The third-order valence-electron chi connectivity index (χ3n) is 4.66. The number of hydrogen-bond acceptors (Lipinski definition) is 3. The molecule has 0 aliphatic carbocycles. The largest absolute Gasteiger partial charge is 0.573 e. The minimum atomic E-state index is -4.74. The molecule has 2 aromatic rings. The molecule has 5 nitrogen and oxygen atoms in total. The number of carbonyl (C=O) groups excluding carboxylic acids is 1. The summed E-state index contributed by atoms with van der Waals surface area (Å²) >= 11 is 0. The van der Waals surface area contributed by atoms with Gasteiger partial charge in [0.1, 0.15) is 11.4 Å². The molecule has 2 heterocycles. The van der Waals surface area contributed by atoms with Gasteiger partial charge in [0, 0.05) is 24.0 Å². The maximum absolute atomic E-state index is 12.8. The van der Waals surface area contributed by atoms with Crippen molar-refractivity contribution >= 4 is 16.8 Å². The number of amides is 1. The van der Waals surface area contributed by atoms with Crippen LogP contribution >= 0.6 is 0 Å². The van der Waals surface area contributed by atoms with Gasteiger partial charge < -0.3 is 19.9 Å².